The number of fused-ring (bicyclic) bond motifs is 7. The van der Waals surface area contributed by atoms with Gasteiger partial charge in [0.1, 0.15) is 6.07 Å². The Labute approximate surface area is 243 Å². The van der Waals surface area contributed by atoms with Crippen LogP contribution in [-0.4, -0.2) is 24.6 Å². The van der Waals surface area contributed by atoms with Crippen LogP contribution in [-0.2, 0) is 19.1 Å². The van der Waals surface area contributed by atoms with Gasteiger partial charge in [0, 0.05) is 33.2 Å². The largest absolute Gasteiger partial charge is 0.469 e. The van der Waals surface area contributed by atoms with Gasteiger partial charge in [-0.1, -0.05) is 59.8 Å². The van der Waals surface area contributed by atoms with Gasteiger partial charge in [0.15, 0.2) is 11.6 Å². The normalized spacial score (nSPS) is 53.4. The first-order chi connectivity index (χ1) is 23.2. The van der Waals surface area contributed by atoms with E-state index in [1.165, 1.54) is 19.1 Å². The van der Waals surface area contributed by atoms with E-state index in [-0.39, 0.29) is 37.7 Å². The number of hydrogen-bond donors (Lipinski definition) is 0. The van der Waals surface area contributed by atoms with E-state index in [2.05, 4.69) is 0 Å². The lowest BCUT2D eigenvalue weighted by Crippen LogP contribution is -2.65. The number of Topliss-reactive ketones (excluding diaryl/α,β-unsaturated/α-hetero) is 1. The van der Waals surface area contributed by atoms with Gasteiger partial charge in [-0.15, -0.1) is 0 Å². The zero-order valence-electron chi connectivity index (χ0n) is 36.4. The van der Waals surface area contributed by atoms with E-state index >= 15 is 0 Å². The summed E-state index contributed by atoms with van der Waals surface area (Å²) in [6, 6.07) is 1.70. The Hall–Kier alpha value is -2.22. The lowest BCUT2D eigenvalue weighted by Gasteiger charge is -2.68. The molecule has 0 amide bonds. The van der Waals surface area contributed by atoms with Crippen LogP contribution in [0.4, 0.5) is 0 Å². The minimum absolute atomic E-state index is 0.0411. The zero-order valence-corrected chi connectivity index (χ0v) is 21.4. The molecule has 5 nitrogen and oxygen atoms in total. The van der Waals surface area contributed by atoms with Gasteiger partial charge < -0.3 is 4.74 Å². The van der Waals surface area contributed by atoms with Gasteiger partial charge >= 0.3 is 5.97 Å². The van der Waals surface area contributed by atoms with Crippen molar-refractivity contribution in [3.05, 3.63) is 23.3 Å². The number of nitriles is 1. The molecule has 0 heterocycles. The minimum Gasteiger partial charge on any atom is -0.469 e. The van der Waals surface area contributed by atoms with Gasteiger partial charge in [-0.25, -0.2) is 0 Å². The van der Waals surface area contributed by atoms with Crippen molar-refractivity contribution in [3.8, 4) is 6.07 Å². The molecule has 5 heteroatoms. The average molecular weight is 521 g/mol. The van der Waals surface area contributed by atoms with Gasteiger partial charge in [-0.2, -0.15) is 5.26 Å². The number of ether oxygens (including phenoxy) is 1. The molecule has 0 unspecified atom stereocenters. The SMILES string of the molecule is [2H]C([2H])([2H])OC(=O)[C@]12CCC(C([2H])([2H])[2H])(C([2H])([2H])[2H])C[C@H]1[C@H]1C(=O)C=C3[C@@]4(C)C=C(C#N)C(=O)C(C([2H])([2H])[2H])(C([2H])([2H])[2H])[C@@H]4CC[C@@]3(C)[C@]1(C)CC2. The van der Waals surface area contributed by atoms with E-state index in [1.54, 1.807) is 19.9 Å². The van der Waals surface area contributed by atoms with Crippen molar-refractivity contribution < 1.29 is 39.7 Å². The highest BCUT2D eigenvalue weighted by atomic mass is 16.5. The Morgan fingerprint density at radius 2 is 1.81 bits per heavy atom. The van der Waals surface area contributed by atoms with E-state index < -0.39 is 121 Å². The maximum Gasteiger partial charge on any atom is 0.312 e. The molecule has 200 valence electrons. The Kier molecular flexibility index (Phi) is 2.85. The fourth-order valence-electron chi connectivity index (χ4n) is 9.17. The summed E-state index contributed by atoms with van der Waals surface area (Å²) in [4.78, 5) is 42.7. The topological polar surface area (TPSA) is 84.2 Å². The molecule has 0 aromatic rings. The molecule has 0 aromatic heterocycles. The molecule has 0 aromatic carbocycles. The van der Waals surface area contributed by atoms with E-state index in [9.17, 15) is 19.6 Å². The predicted molar refractivity (Wildman–Crippen MR) is 141 cm³/mol. The van der Waals surface area contributed by atoms with E-state index in [1.807, 2.05) is 0 Å². The highest BCUT2D eigenvalue weighted by Crippen LogP contribution is 2.74. The minimum atomic E-state index is -3.40. The van der Waals surface area contributed by atoms with Crippen LogP contribution in [0.1, 0.15) is 114 Å². The van der Waals surface area contributed by atoms with Crippen LogP contribution in [0.15, 0.2) is 23.3 Å². The summed E-state index contributed by atoms with van der Waals surface area (Å²) in [5.74, 6) is -7.15. The van der Waals surface area contributed by atoms with Crippen molar-refractivity contribution in [1.82, 2.24) is 0 Å². The zero-order chi connectivity index (χ0) is 39.9. The molecule has 0 radical (unpaired) electrons. The molecule has 0 N–H and O–H groups in total. The summed E-state index contributed by atoms with van der Waals surface area (Å²) in [5.41, 5.74) is -11.5. The van der Waals surface area contributed by atoms with Gasteiger partial charge in [-0.05, 0) is 79.1 Å². The molecule has 3 fully saturated rings. The first-order valence-electron chi connectivity index (χ1n) is 20.4. The first kappa shape index (κ1) is 13.7. The van der Waals surface area contributed by atoms with E-state index in [4.69, 9.17) is 25.3 Å². The second kappa shape index (κ2) is 7.67. The average Bonchev–Trinajstić information content (AvgIpc) is 2.94. The molecule has 0 aliphatic heterocycles. The van der Waals surface area contributed by atoms with Crippen LogP contribution >= 0.6 is 0 Å². The van der Waals surface area contributed by atoms with Gasteiger partial charge in [0.05, 0.1) is 22.1 Å². The Morgan fingerprint density at radius 3 is 2.46 bits per heavy atom. The van der Waals surface area contributed by atoms with Gasteiger partial charge in [-0.3, -0.25) is 14.4 Å². The Bertz CT molecular complexity index is 1660. The third-order valence-corrected chi connectivity index (χ3v) is 11.3. The summed E-state index contributed by atoms with van der Waals surface area (Å²) < 4.78 is 129. The molecule has 7 atom stereocenters. The van der Waals surface area contributed by atoms with Crippen LogP contribution in [0, 0.1) is 61.6 Å². The molecule has 5 rings (SSSR count). The summed E-state index contributed by atoms with van der Waals surface area (Å²) in [5, 5.41) is 10.1. The molecule has 3 saturated carbocycles. The van der Waals surface area contributed by atoms with Crippen LogP contribution < -0.4 is 0 Å². The molecule has 5 aliphatic carbocycles. The molecular weight excluding hydrogens is 462 g/mol. The number of hydrogen-bond acceptors (Lipinski definition) is 5. The lowest BCUT2D eigenvalue weighted by molar-refractivity contribution is -0.191. The highest BCUT2D eigenvalue weighted by Gasteiger charge is 2.71. The molecule has 5 aliphatic rings. The molecular formula is C32H43NO4. The van der Waals surface area contributed by atoms with Crippen molar-refractivity contribution in [2.24, 2.45) is 50.2 Å². The van der Waals surface area contributed by atoms with Crippen molar-refractivity contribution in [3.63, 3.8) is 0 Å². The van der Waals surface area contributed by atoms with Crippen LogP contribution in [0.3, 0.4) is 0 Å². The Morgan fingerprint density at radius 1 is 1.08 bits per heavy atom. The van der Waals surface area contributed by atoms with Gasteiger partial charge in [0.2, 0.25) is 0 Å². The maximum atomic E-state index is 14.8. The predicted octanol–water partition coefficient (Wildman–Crippen LogP) is 6.38. The monoisotopic (exact) mass is 520 g/mol. The fourth-order valence-corrected chi connectivity index (χ4v) is 9.17. The second-order valence-corrected chi connectivity index (χ2v) is 12.8. The summed E-state index contributed by atoms with van der Waals surface area (Å²) in [6.07, 6.45) is 0.813. The summed E-state index contributed by atoms with van der Waals surface area (Å²) in [6.45, 7) is -7.91. The van der Waals surface area contributed by atoms with Crippen LogP contribution in [0.25, 0.3) is 0 Å². The van der Waals surface area contributed by atoms with Crippen molar-refractivity contribution in [2.45, 2.75) is 93.1 Å². The third-order valence-electron chi connectivity index (χ3n) is 11.3. The standard InChI is InChI=1S/C32H43NO4/c1-27(2)11-13-32(26(36)37-8)14-12-31(7)24(20(32)17-27)21(34)15-23-29(5)16-19(18-33)25(35)28(3,4)22(29)9-10-30(23,31)6/h15-16,20,22,24H,9-14,17H2,1-8H3/t20-,22-,24-,29-,30+,31+,32-/m0/s1/i1D3,2D3,3D3,4D3,8D3. The van der Waals surface area contributed by atoms with Crippen LogP contribution in [0.5, 0.6) is 0 Å². The molecule has 37 heavy (non-hydrogen) atoms. The number of carbonyl (C=O) groups excluding carboxylic acids is 3. The second-order valence-electron chi connectivity index (χ2n) is 12.8. The molecule has 0 spiro atoms. The number of ketones is 2. The van der Waals surface area contributed by atoms with E-state index in [0.29, 0.717) is 0 Å². The number of allylic oxidation sites excluding steroid dienone is 4. The number of carbonyl (C=O) groups is 3. The van der Waals surface area contributed by atoms with Crippen molar-refractivity contribution in [1.29, 1.82) is 5.26 Å². The first-order valence-corrected chi connectivity index (χ1v) is 12.9. The van der Waals surface area contributed by atoms with Gasteiger partial charge in [0.25, 0.3) is 0 Å². The Balaban J connectivity index is 1.79. The van der Waals surface area contributed by atoms with Crippen molar-refractivity contribution in [2.75, 3.05) is 7.04 Å². The summed E-state index contributed by atoms with van der Waals surface area (Å²) >= 11 is 0. The molecule has 0 bridgehead atoms. The number of nitrogens with zero attached hydrogens (tertiary/aromatic N) is 1. The van der Waals surface area contributed by atoms with E-state index in [0.717, 1.165) is 0 Å². The fraction of sp³-hybridized carbons (Fsp3) is 0.750. The number of rotatable bonds is 1. The quantitative estimate of drug-likeness (QED) is 0.375. The lowest BCUT2D eigenvalue weighted by atomic mass is 9.34. The highest BCUT2D eigenvalue weighted by molar-refractivity contribution is 6.04. The molecule has 0 saturated heterocycles. The van der Waals surface area contributed by atoms with Crippen LogP contribution in [0.2, 0.25) is 0 Å². The maximum absolute atomic E-state index is 14.8. The third kappa shape index (κ3) is 3.11. The summed E-state index contributed by atoms with van der Waals surface area (Å²) in [7, 11) is -3.19. The number of esters is 1. The smallest absolute Gasteiger partial charge is 0.312 e. The van der Waals surface area contributed by atoms with Crippen molar-refractivity contribution >= 4 is 17.5 Å². The number of methoxy groups -OCH3 is 1.